The van der Waals surface area contributed by atoms with Crippen LogP contribution in [0.2, 0.25) is 0 Å². The lowest BCUT2D eigenvalue weighted by Crippen LogP contribution is -2.26. The molecule has 0 saturated heterocycles. The van der Waals surface area contributed by atoms with Crippen LogP contribution in [0.3, 0.4) is 0 Å². The molecule has 1 atom stereocenters. The quantitative estimate of drug-likeness (QED) is 0.738. The first-order valence-electron chi connectivity index (χ1n) is 7.58. The molecule has 0 bridgehead atoms. The highest BCUT2D eigenvalue weighted by Gasteiger charge is 2.25. The van der Waals surface area contributed by atoms with Crippen molar-refractivity contribution in [1.29, 1.82) is 0 Å². The van der Waals surface area contributed by atoms with Crippen molar-refractivity contribution in [1.82, 2.24) is 5.32 Å². The summed E-state index contributed by atoms with van der Waals surface area (Å²) in [5, 5.41) is 3.63. The van der Waals surface area contributed by atoms with Gasteiger partial charge in [-0.15, -0.1) is 0 Å². The molecule has 0 amide bonds. The van der Waals surface area contributed by atoms with Crippen molar-refractivity contribution in [3.63, 3.8) is 0 Å². The van der Waals surface area contributed by atoms with Crippen LogP contribution >= 0.6 is 0 Å². The molecule has 1 aromatic rings. The molecule has 1 aromatic carbocycles. The third-order valence-electron chi connectivity index (χ3n) is 4.23. The van der Waals surface area contributed by atoms with Gasteiger partial charge in [-0.05, 0) is 50.1 Å². The Kier molecular flexibility index (Phi) is 5.25. The number of hydrogen-bond donors (Lipinski definition) is 1. The topological polar surface area (TPSA) is 12.0 Å². The molecule has 0 heterocycles. The van der Waals surface area contributed by atoms with E-state index in [4.69, 9.17) is 0 Å². The van der Waals surface area contributed by atoms with E-state index in [9.17, 15) is 0 Å². The molecule has 2 rings (SSSR count). The SMILES string of the molecule is CCCNCC(c1cccc(C)c1)C1CCCC1. The standard InChI is InChI=1S/C17H27N/c1-3-11-18-13-17(15-8-4-5-9-15)16-10-6-7-14(2)12-16/h6-7,10,12,15,17-18H,3-5,8-9,11,13H2,1-2H3. The van der Waals surface area contributed by atoms with Gasteiger partial charge < -0.3 is 5.32 Å². The molecule has 1 unspecified atom stereocenters. The van der Waals surface area contributed by atoms with Gasteiger partial charge in [0.15, 0.2) is 0 Å². The Morgan fingerprint density at radius 2 is 2.06 bits per heavy atom. The molecule has 1 saturated carbocycles. The Morgan fingerprint density at radius 1 is 1.28 bits per heavy atom. The third kappa shape index (κ3) is 3.58. The summed E-state index contributed by atoms with van der Waals surface area (Å²) in [5.74, 6) is 1.62. The zero-order chi connectivity index (χ0) is 12.8. The summed E-state index contributed by atoms with van der Waals surface area (Å²) in [7, 11) is 0. The second-order valence-electron chi connectivity index (χ2n) is 5.77. The van der Waals surface area contributed by atoms with Gasteiger partial charge in [0.1, 0.15) is 0 Å². The molecule has 0 aromatic heterocycles. The molecule has 18 heavy (non-hydrogen) atoms. The fourth-order valence-electron chi connectivity index (χ4n) is 3.25. The van der Waals surface area contributed by atoms with Crippen LogP contribution in [-0.4, -0.2) is 13.1 Å². The van der Waals surface area contributed by atoms with Gasteiger partial charge in [0.05, 0.1) is 0 Å². The summed E-state index contributed by atoms with van der Waals surface area (Å²) in [6.45, 7) is 6.75. The first kappa shape index (κ1) is 13.6. The zero-order valence-electron chi connectivity index (χ0n) is 11.9. The first-order valence-corrected chi connectivity index (χ1v) is 7.58. The molecule has 1 heteroatoms. The average Bonchev–Trinajstić information content (AvgIpc) is 2.88. The Bertz CT molecular complexity index is 352. The van der Waals surface area contributed by atoms with E-state index in [1.165, 1.54) is 37.7 Å². The van der Waals surface area contributed by atoms with Crippen molar-refractivity contribution in [3.8, 4) is 0 Å². The number of benzene rings is 1. The van der Waals surface area contributed by atoms with E-state index >= 15 is 0 Å². The van der Waals surface area contributed by atoms with Crippen LogP contribution in [0.4, 0.5) is 0 Å². The predicted octanol–water partition coefficient (Wildman–Crippen LogP) is 4.27. The molecule has 1 nitrogen and oxygen atoms in total. The van der Waals surface area contributed by atoms with E-state index in [0.29, 0.717) is 0 Å². The van der Waals surface area contributed by atoms with Crippen LogP contribution in [0.15, 0.2) is 24.3 Å². The Morgan fingerprint density at radius 3 is 2.72 bits per heavy atom. The summed E-state index contributed by atoms with van der Waals surface area (Å²) in [6.07, 6.45) is 6.94. The maximum Gasteiger partial charge on any atom is 0.00228 e. The molecule has 1 N–H and O–H groups in total. The molecule has 100 valence electrons. The first-order chi connectivity index (χ1) is 8.81. The van der Waals surface area contributed by atoms with Crippen molar-refractivity contribution in [3.05, 3.63) is 35.4 Å². The molecule has 1 aliphatic carbocycles. The van der Waals surface area contributed by atoms with Gasteiger partial charge in [-0.25, -0.2) is 0 Å². The van der Waals surface area contributed by atoms with Gasteiger partial charge in [0.25, 0.3) is 0 Å². The highest BCUT2D eigenvalue weighted by atomic mass is 14.9. The number of nitrogens with one attached hydrogen (secondary N) is 1. The van der Waals surface area contributed by atoms with Gasteiger partial charge in [-0.2, -0.15) is 0 Å². The van der Waals surface area contributed by atoms with E-state index in [-0.39, 0.29) is 0 Å². The van der Waals surface area contributed by atoms with Crippen LogP contribution in [0, 0.1) is 12.8 Å². The number of aryl methyl sites for hydroxylation is 1. The highest BCUT2D eigenvalue weighted by Crippen LogP contribution is 2.37. The largest absolute Gasteiger partial charge is 0.316 e. The minimum atomic E-state index is 0.721. The van der Waals surface area contributed by atoms with Gasteiger partial charge in [-0.1, -0.05) is 49.6 Å². The zero-order valence-corrected chi connectivity index (χ0v) is 11.9. The molecular formula is C17H27N. The fraction of sp³-hybridized carbons (Fsp3) is 0.647. The van der Waals surface area contributed by atoms with Crippen molar-refractivity contribution >= 4 is 0 Å². The number of rotatable bonds is 6. The monoisotopic (exact) mass is 245 g/mol. The lowest BCUT2D eigenvalue weighted by Gasteiger charge is -2.24. The molecular weight excluding hydrogens is 218 g/mol. The van der Waals surface area contributed by atoms with Crippen LogP contribution in [-0.2, 0) is 0 Å². The second kappa shape index (κ2) is 6.94. The Balaban J connectivity index is 2.07. The molecule has 1 aliphatic rings. The fourth-order valence-corrected chi connectivity index (χ4v) is 3.25. The highest BCUT2D eigenvalue weighted by molar-refractivity contribution is 5.26. The maximum atomic E-state index is 3.63. The van der Waals surface area contributed by atoms with Crippen LogP contribution in [0.1, 0.15) is 56.1 Å². The van der Waals surface area contributed by atoms with Gasteiger partial charge in [-0.3, -0.25) is 0 Å². The molecule has 1 fully saturated rings. The lowest BCUT2D eigenvalue weighted by atomic mass is 9.84. The van der Waals surface area contributed by atoms with Crippen molar-refractivity contribution in [2.45, 2.75) is 51.9 Å². The normalized spacial score (nSPS) is 18.1. The summed E-state index contributed by atoms with van der Waals surface area (Å²) in [4.78, 5) is 0. The Labute approximate surface area is 112 Å². The van der Waals surface area contributed by atoms with E-state index in [0.717, 1.165) is 24.9 Å². The minimum Gasteiger partial charge on any atom is -0.316 e. The summed E-state index contributed by atoms with van der Waals surface area (Å²) in [5.41, 5.74) is 2.94. The van der Waals surface area contributed by atoms with E-state index in [1.54, 1.807) is 5.56 Å². The Hall–Kier alpha value is -0.820. The van der Waals surface area contributed by atoms with Crippen molar-refractivity contribution in [2.75, 3.05) is 13.1 Å². The van der Waals surface area contributed by atoms with Gasteiger partial charge in [0.2, 0.25) is 0 Å². The van der Waals surface area contributed by atoms with Crippen LogP contribution < -0.4 is 5.32 Å². The van der Waals surface area contributed by atoms with E-state index in [1.807, 2.05) is 0 Å². The minimum absolute atomic E-state index is 0.721. The van der Waals surface area contributed by atoms with E-state index in [2.05, 4.69) is 43.4 Å². The smallest absolute Gasteiger partial charge is 0.00228 e. The number of hydrogen-bond acceptors (Lipinski definition) is 1. The molecule has 0 spiro atoms. The van der Waals surface area contributed by atoms with E-state index < -0.39 is 0 Å². The maximum absolute atomic E-state index is 3.63. The second-order valence-corrected chi connectivity index (χ2v) is 5.77. The van der Waals surface area contributed by atoms with Crippen LogP contribution in [0.5, 0.6) is 0 Å². The van der Waals surface area contributed by atoms with Gasteiger partial charge in [0, 0.05) is 6.54 Å². The summed E-state index contributed by atoms with van der Waals surface area (Å²) < 4.78 is 0. The molecule has 0 radical (unpaired) electrons. The summed E-state index contributed by atoms with van der Waals surface area (Å²) in [6, 6.07) is 9.13. The lowest BCUT2D eigenvalue weighted by molar-refractivity contribution is 0.411. The summed E-state index contributed by atoms with van der Waals surface area (Å²) >= 11 is 0. The van der Waals surface area contributed by atoms with Crippen molar-refractivity contribution in [2.24, 2.45) is 5.92 Å². The van der Waals surface area contributed by atoms with Crippen LogP contribution in [0.25, 0.3) is 0 Å². The van der Waals surface area contributed by atoms with Gasteiger partial charge >= 0.3 is 0 Å². The third-order valence-corrected chi connectivity index (χ3v) is 4.23. The molecule has 0 aliphatic heterocycles. The predicted molar refractivity (Wildman–Crippen MR) is 79.0 cm³/mol. The van der Waals surface area contributed by atoms with Crippen molar-refractivity contribution < 1.29 is 0 Å². The average molecular weight is 245 g/mol.